The van der Waals surface area contributed by atoms with Crippen LogP contribution in [0.25, 0.3) is 0 Å². The van der Waals surface area contributed by atoms with Crippen molar-refractivity contribution in [3.8, 4) is 0 Å². The highest BCUT2D eigenvalue weighted by Crippen LogP contribution is 2.59. The molecule has 1 nitrogen and oxygen atoms in total. The van der Waals surface area contributed by atoms with Gasteiger partial charge in [-0.1, -0.05) is 76.6 Å². The molecule has 0 bridgehead atoms. The van der Waals surface area contributed by atoms with Gasteiger partial charge in [0, 0.05) is 0 Å². The van der Waals surface area contributed by atoms with E-state index in [0.717, 1.165) is 37.0 Å². The average Bonchev–Trinajstić information content (AvgIpc) is 3.04. The molecule has 1 N–H and O–H groups in total. The Hall–Kier alpha value is -1.08. The summed E-state index contributed by atoms with van der Waals surface area (Å²) in [5, 5.41) is 10.0. The van der Waals surface area contributed by atoms with Crippen LogP contribution in [-0.2, 0) is 0 Å². The van der Waals surface area contributed by atoms with Gasteiger partial charge in [-0.3, -0.25) is 0 Å². The molecule has 3 fully saturated rings. The average molecular weight is 397 g/mol. The topological polar surface area (TPSA) is 20.2 Å². The number of hydrogen-bond acceptors (Lipinski definition) is 1. The van der Waals surface area contributed by atoms with E-state index in [1.54, 1.807) is 5.57 Å². The molecule has 3 aliphatic carbocycles. The quantitative estimate of drug-likeness (QED) is 0.473. The van der Waals surface area contributed by atoms with E-state index in [9.17, 15) is 5.11 Å². The van der Waals surface area contributed by atoms with E-state index < -0.39 is 0 Å². The largest absolute Gasteiger partial charge is 0.393 e. The monoisotopic (exact) mass is 396 g/mol. The standard InChI is InChI=1S/C28H44O/c1-19(2)20(3)9-10-22(5)26-15-16-27-23(8-7-17-28(26,27)6)12-13-24-18-25(29)14-11-21(24)4/h9-10,12-13,19-20,22,25-27,29H,4,7-8,11,14-18H2,1-3,5-6H3/b10-9+,23-12+,24-13+/t20?,22?,25?,26?,27?,28-/m1/s1. The second-order valence-corrected chi connectivity index (χ2v) is 10.9. The zero-order valence-corrected chi connectivity index (χ0v) is 19.6. The summed E-state index contributed by atoms with van der Waals surface area (Å²) >= 11 is 0. The summed E-state index contributed by atoms with van der Waals surface area (Å²) in [4.78, 5) is 0. The number of rotatable bonds is 5. The summed E-state index contributed by atoms with van der Waals surface area (Å²) in [5.41, 5.74) is 4.61. The molecule has 0 radical (unpaired) electrons. The molecule has 0 spiro atoms. The van der Waals surface area contributed by atoms with Gasteiger partial charge < -0.3 is 5.11 Å². The Kier molecular flexibility index (Phi) is 7.31. The summed E-state index contributed by atoms with van der Waals surface area (Å²) in [6.45, 7) is 16.3. The van der Waals surface area contributed by atoms with Gasteiger partial charge in [0.05, 0.1) is 6.10 Å². The molecule has 3 saturated carbocycles. The molecule has 162 valence electrons. The van der Waals surface area contributed by atoms with Crippen molar-refractivity contribution < 1.29 is 5.11 Å². The Bertz CT molecular complexity index is 678. The normalized spacial score (nSPS) is 38.2. The molecule has 0 aliphatic heterocycles. The van der Waals surface area contributed by atoms with Gasteiger partial charge in [-0.15, -0.1) is 0 Å². The van der Waals surface area contributed by atoms with Crippen molar-refractivity contribution in [1.29, 1.82) is 0 Å². The van der Waals surface area contributed by atoms with E-state index in [2.05, 4.69) is 65.5 Å². The Morgan fingerprint density at radius 2 is 1.79 bits per heavy atom. The van der Waals surface area contributed by atoms with Gasteiger partial charge in [0.2, 0.25) is 0 Å². The van der Waals surface area contributed by atoms with Crippen molar-refractivity contribution in [1.82, 2.24) is 0 Å². The number of aliphatic hydroxyl groups excluding tert-OH is 1. The van der Waals surface area contributed by atoms with Crippen molar-refractivity contribution in [2.45, 2.75) is 92.1 Å². The summed E-state index contributed by atoms with van der Waals surface area (Å²) < 4.78 is 0. The molecule has 0 saturated heterocycles. The van der Waals surface area contributed by atoms with Gasteiger partial charge in [0.1, 0.15) is 0 Å². The summed E-state index contributed by atoms with van der Waals surface area (Å²) in [5.74, 6) is 3.58. The number of fused-ring (bicyclic) bond motifs is 1. The van der Waals surface area contributed by atoms with Crippen molar-refractivity contribution in [3.05, 3.63) is 47.6 Å². The Morgan fingerprint density at radius 3 is 2.52 bits per heavy atom. The van der Waals surface area contributed by atoms with Crippen LogP contribution in [0.5, 0.6) is 0 Å². The minimum atomic E-state index is -0.182. The number of aliphatic hydroxyl groups is 1. The fourth-order valence-corrected chi connectivity index (χ4v) is 6.25. The van der Waals surface area contributed by atoms with Gasteiger partial charge in [0.25, 0.3) is 0 Å². The van der Waals surface area contributed by atoms with Crippen LogP contribution in [0.15, 0.2) is 47.6 Å². The summed E-state index contributed by atoms with van der Waals surface area (Å²) in [6, 6.07) is 0. The number of hydrogen-bond donors (Lipinski definition) is 1. The minimum absolute atomic E-state index is 0.182. The van der Waals surface area contributed by atoms with E-state index in [-0.39, 0.29) is 6.10 Å². The molecule has 0 aromatic heterocycles. The van der Waals surface area contributed by atoms with Gasteiger partial charge in [-0.2, -0.15) is 0 Å². The number of allylic oxidation sites excluding steroid dienone is 6. The highest BCUT2D eigenvalue weighted by atomic mass is 16.3. The van der Waals surface area contributed by atoms with Crippen molar-refractivity contribution >= 4 is 0 Å². The molecular weight excluding hydrogens is 352 g/mol. The lowest BCUT2D eigenvalue weighted by Crippen LogP contribution is -2.35. The van der Waals surface area contributed by atoms with E-state index in [1.165, 1.54) is 43.3 Å². The third-order valence-corrected chi connectivity index (χ3v) is 8.63. The zero-order chi connectivity index (χ0) is 21.2. The van der Waals surface area contributed by atoms with Crippen LogP contribution < -0.4 is 0 Å². The Morgan fingerprint density at radius 1 is 1.03 bits per heavy atom. The molecular formula is C28H44O. The van der Waals surface area contributed by atoms with Crippen LogP contribution in [0.2, 0.25) is 0 Å². The smallest absolute Gasteiger partial charge is 0.0583 e. The lowest BCUT2D eigenvalue weighted by Gasteiger charge is -2.44. The molecule has 1 heteroatoms. The molecule has 6 atom stereocenters. The molecule has 5 unspecified atom stereocenters. The SMILES string of the molecule is C=C1CCC(O)C/C1=C\C=C1/CCC[C@@]2(C)C1CCC2C(C)/C=C/C(C)C(C)C. The van der Waals surface area contributed by atoms with Gasteiger partial charge in [0.15, 0.2) is 0 Å². The molecule has 3 aliphatic rings. The molecule has 0 heterocycles. The van der Waals surface area contributed by atoms with Crippen LogP contribution in [0.3, 0.4) is 0 Å². The molecule has 3 rings (SSSR count). The lowest BCUT2D eigenvalue weighted by atomic mass is 9.61. The van der Waals surface area contributed by atoms with Crippen molar-refractivity contribution in [2.75, 3.05) is 0 Å². The molecule has 0 aromatic carbocycles. The predicted octanol–water partition coefficient (Wildman–Crippen LogP) is 7.64. The third kappa shape index (κ3) is 4.98. The summed E-state index contributed by atoms with van der Waals surface area (Å²) in [6.07, 6.45) is 18.8. The van der Waals surface area contributed by atoms with Crippen LogP contribution in [-0.4, -0.2) is 11.2 Å². The first kappa shape index (κ1) is 22.6. The first-order chi connectivity index (χ1) is 13.7. The van der Waals surface area contributed by atoms with Gasteiger partial charge in [-0.25, -0.2) is 0 Å². The van der Waals surface area contributed by atoms with Crippen LogP contribution in [0.1, 0.15) is 86.0 Å². The lowest BCUT2D eigenvalue weighted by molar-refractivity contribution is 0.112. The summed E-state index contributed by atoms with van der Waals surface area (Å²) in [7, 11) is 0. The van der Waals surface area contributed by atoms with Crippen molar-refractivity contribution in [2.24, 2.45) is 35.0 Å². The molecule has 29 heavy (non-hydrogen) atoms. The van der Waals surface area contributed by atoms with Crippen LogP contribution >= 0.6 is 0 Å². The van der Waals surface area contributed by atoms with Gasteiger partial charge in [-0.05, 0) is 91.9 Å². The Balaban J connectivity index is 1.75. The predicted molar refractivity (Wildman–Crippen MR) is 126 cm³/mol. The Labute approximate surface area is 180 Å². The van der Waals surface area contributed by atoms with Crippen LogP contribution in [0, 0.1) is 35.0 Å². The molecule has 0 amide bonds. The fraction of sp³-hybridized carbons (Fsp3) is 0.714. The molecule has 0 aromatic rings. The second kappa shape index (κ2) is 9.38. The van der Waals surface area contributed by atoms with Gasteiger partial charge >= 0.3 is 0 Å². The van der Waals surface area contributed by atoms with E-state index in [1.807, 2.05) is 0 Å². The second-order valence-electron chi connectivity index (χ2n) is 10.9. The maximum absolute atomic E-state index is 10.0. The minimum Gasteiger partial charge on any atom is -0.393 e. The van der Waals surface area contributed by atoms with Crippen molar-refractivity contribution in [3.63, 3.8) is 0 Å². The third-order valence-electron chi connectivity index (χ3n) is 8.63. The highest BCUT2D eigenvalue weighted by Gasteiger charge is 2.50. The fourth-order valence-electron chi connectivity index (χ4n) is 6.25. The highest BCUT2D eigenvalue weighted by molar-refractivity contribution is 5.36. The first-order valence-corrected chi connectivity index (χ1v) is 12.2. The maximum Gasteiger partial charge on any atom is 0.0583 e. The first-order valence-electron chi connectivity index (χ1n) is 12.2. The van der Waals surface area contributed by atoms with E-state index in [0.29, 0.717) is 17.3 Å². The van der Waals surface area contributed by atoms with Crippen LogP contribution in [0.4, 0.5) is 0 Å². The zero-order valence-electron chi connectivity index (χ0n) is 19.6. The van der Waals surface area contributed by atoms with E-state index in [4.69, 9.17) is 0 Å². The maximum atomic E-state index is 10.0. The van der Waals surface area contributed by atoms with E-state index >= 15 is 0 Å².